The van der Waals surface area contributed by atoms with Gasteiger partial charge in [-0.2, -0.15) is 10.1 Å². The fourth-order valence-electron chi connectivity index (χ4n) is 3.70. The molecule has 0 bridgehead atoms. The van der Waals surface area contributed by atoms with Gasteiger partial charge in [-0.3, -0.25) is 14.3 Å². The van der Waals surface area contributed by atoms with Crippen molar-refractivity contribution < 1.29 is 18.7 Å². The Morgan fingerprint density at radius 3 is 2.75 bits per heavy atom. The number of ether oxygens (including phenoxy) is 1. The molecular weight excluding hydrogens is 466 g/mol. The first-order valence-corrected chi connectivity index (χ1v) is 11.2. The van der Waals surface area contributed by atoms with Crippen molar-refractivity contribution in [1.82, 2.24) is 29.6 Å². The lowest BCUT2D eigenvalue weighted by atomic mass is 9.97. The number of rotatable bonds is 8. The molecule has 1 fully saturated rings. The maximum absolute atomic E-state index is 12.0. The van der Waals surface area contributed by atoms with Crippen molar-refractivity contribution in [3.05, 3.63) is 48.2 Å². The number of hydrogen-bond acceptors (Lipinski definition) is 10. The van der Waals surface area contributed by atoms with Gasteiger partial charge in [-0.05, 0) is 12.1 Å². The van der Waals surface area contributed by atoms with E-state index in [1.165, 1.54) is 4.90 Å². The van der Waals surface area contributed by atoms with E-state index in [-0.39, 0.29) is 29.9 Å². The van der Waals surface area contributed by atoms with E-state index in [9.17, 15) is 9.59 Å². The molecule has 0 unspecified atom stereocenters. The number of amides is 2. The highest BCUT2D eigenvalue weighted by Crippen LogP contribution is 2.33. The molecule has 5 rings (SSSR count). The van der Waals surface area contributed by atoms with Crippen LogP contribution in [-0.4, -0.2) is 75.2 Å². The van der Waals surface area contributed by atoms with E-state index in [4.69, 9.17) is 14.9 Å². The standard InChI is InChI=1S/C23H25N9O4/c1-30(2)19(33)12-35-15-4-5-16-18(6-15)36-23(29-16)32-9-13(10-32)17-8-25-22(20(28-17)21(24)34)27-14-7-26-31(3)11-14/h4-8,11,13H,9-10,12H2,1-3H3,(H2,24,34)(H,25,27). The number of aryl methyl sites for hydroxylation is 1. The smallest absolute Gasteiger partial charge is 0.298 e. The lowest BCUT2D eigenvalue weighted by Gasteiger charge is -2.37. The normalized spacial score (nSPS) is 13.5. The third-order valence-electron chi connectivity index (χ3n) is 5.77. The second-order valence-corrected chi connectivity index (χ2v) is 8.69. The number of aromatic nitrogens is 5. The molecule has 0 atom stereocenters. The minimum atomic E-state index is -0.670. The number of carbonyl (C=O) groups is 2. The number of primary amides is 1. The number of nitrogens with one attached hydrogen (secondary N) is 1. The third-order valence-corrected chi connectivity index (χ3v) is 5.77. The highest BCUT2D eigenvalue weighted by molar-refractivity contribution is 5.96. The zero-order valence-corrected chi connectivity index (χ0v) is 20.0. The Balaban J connectivity index is 1.26. The van der Waals surface area contributed by atoms with E-state index in [2.05, 4.69) is 25.4 Å². The Morgan fingerprint density at radius 1 is 1.25 bits per heavy atom. The summed E-state index contributed by atoms with van der Waals surface area (Å²) >= 11 is 0. The molecule has 4 aromatic rings. The van der Waals surface area contributed by atoms with Crippen molar-refractivity contribution in [1.29, 1.82) is 0 Å². The molecule has 0 spiro atoms. The maximum atomic E-state index is 12.0. The van der Waals surface area contributed by atoms with Crippen LogP contribution in [0, 0.1) is 0 Å². The van der Waals surface area contributed by atoms with Crippen LogP contribution in [0.25, 0.3) is 11.1 Å². The van der Waals surface area contributed by atoms with Gasteiger partial charge >= 0.3 is 0 Å². The minimum Gasteiger partial charge on any atom is -0.484 e. The molecule has 0 saturated carbocycles. The quantitative estimate of drug-likeness (QED) is 0.368. The molecule has 4 heterocycles. The average Bonchev–Trinajstić information content (AvgIpc) is 3.42. The fourth-order valence-corrected chi connectivity index (χ4v) is 3.70. The van der Waals surface area contributed by atoms with Gasteiger partial charge in [0.05, 0.1) is 23.8 Å². The largest absolute Gasteiger partial charge is 0.484 e. The summed E-state index contributed by atoms with van der Waals surface area (Å²) in [6.07, 6.45) is 5.00. The lowest BCUT2D eigenvalue weighted by Crippen LogP contribution is -2.45. The Hall–Kier alpha value is -4.68. The van der Waals surface area contributed by atoms with E-state index in [0.717, 1.165) is 0 Å². The Kier molecular flexibility index (Phi) is 5.88. The first-order chi connectivity index (χ1) is 17.3. The van der Waals surface area contributed by atoms with Crippen LogP contribution in [0.5, 0.6) is 5.75 Å². The van der Waals surface area contributed by atoms with Crippen molar-refractivity contribution in [2.24, 2.45) is 12.8 Å². The zero-order valence-electron chi connectivity index (χ0n) is 20.0. The van der Waals surface area contributed by atoms with E-state index < -0.39 is 5.91 Å². The van der Waals surface area contributed by atoms with Gasteiger partial charge in [0.15, 0.2) is 23.7 Å². The van der Waals surface area contributed by atoms with Gasteiger partial charge in [0.25, 0.3) is 17.8 Å². The van der Waals surface area contributed by atoms with Crippen LogP contribution in [-0.2, 0) is 11.8 Å². The van der Waals surface area contributed by atoms with Crippen molar-refractivity contribution in [3.63, 3.8) is 0 Å². The van der Waals surface area contributed by atoms with Gasteiger partial charge < -0.3 is 30.0 Å². The molecule has 186 valence electrons. The monoisotopic (exact) mass is 491 g/mol. The molecule has 36 heavy (non-hydrogen) atoms. The second-order valence-electron chi connectivity index (χ2n) is 8.69. The van der Waals surface area contributed by atoms with Crippen molar-refractivity contribution in [3.8, 4) is 5.75 Å². The van der Waals surface area contributed by atoms with E-state index >= 15 is 0 Å². The molecule has 3 N–H and O–H groups in total. The van der Waals surface area contributed by atoms with Gasteiger partial charge in [0.1, 0.15) is 11.3 Å². The third kappa shape index (κ3) is 4.62. The van der Waals surface area contributed by atoms with Gasteiger partial charge in [-0.15, -0.1) is 0 Å². The first-order valence-electron chi connectivity index (χ1n) is 11.2. The molecule has 0 radical (unpaired) electrons. The predicted octanol–water partition coefficient (Wildman–Crippen LogP) is 1.26. The molecular formula is C23H25N9O4. The van der Waals surface area contributed by atoms with Gasteiger partial charge in [-0.25, -0.2) is 9.97 Å². The van der Waals surface area contributed by atoms with Gasteiger partial charge in [-0.1, -0.05) is 0 Å². The summed E-state index contributed by atoms with van der Waals surface area (Å²) in [4.78, 5) is 40.6. The van der Waals surface area contributed by atoms with Crippen molar-refractivity contribution >= 4 is 40.4 Å². The molecule has 13 nitrogen and oxygen atoms in total. The van der Waals surface area contributed by atoms with Gasteiger partial charge in [0.2, 0.25) is 0 Å². The van der Waals surface area contributed by atoms with Crippen molar-refractivity contribution in [2.45, 2.75) is 5.92 Å². The van der Waals surface area contributed by atoms with Crippen LogP contribution in [0.4, 0.5) is 17.5 Å². The summed E-state index contributed by atoms with van der Waals surface area (Å²) < 4.78 is 13.1. The van der Waals surface area contributed by atoms with E-state index in [0.29, 0.717) is 47.3 Å². The number of nitrogens with two attached hydrogens (primary N) is 1. The summed E-state index contributed by atoms with van der Waals surface area (Å²) in [6, 6.07) is 5.72. The molecule has 1 aromatic carbocycles. The number of likely N-dealkylation sites (N-methyl/N-ethyl adjacent to an activating group) is 1. The minimum absolute atomic E-state index is 0.0361. The van der Waals surface area contributed by atoms with Crippen LogP contribution < -0.4 is 20.7 Å². The van der Waals surface area contributed by atoms with Gasteiger partial charge in [0, 0.05) is 52.4 Å². The molecule has 2 amide bonds. The average molecular weight is 492 g/mol. The summed E-state index contributed by atoms with van der Waals surface area (Å²) in [5.41, 5.74) is 8.20. The number of carbonyl (C=O) groups excluding carboxylic acids is 2. The molecule has 1 aliphatic rings. The number of oxazole rings is 1. The van der Waals surface area contributed by atoms with Crippen LogP contribution >= 0.6 is 0 Å². The number of anilines is 3. The number of benzene rings is 1. The molecule has 0 aliphatic carbocycles. The summed E-state index contributed by atoms with van der Waals surface area (Å²) in [7, 11) is 5.13. The van der Waals surface area contributed by atoms with Crippen LogP contribution in [0.1, 0.15) is 22.1 Å². The Bertz CT molecular complexity index is 1440. The lowest BCUT2D eigenvalue weighted by molar-refractivity contribution is -0.130. The summed E-state index contributed by atoms with van der Waals surface area (Å²) in [5, 5.41) is 7.11. The molecule has 1 aliphatic heterocycles. The number of hydrogen-bond donors (Lipinski definition) is 2. The van der Waals surface area contributed by atoms with Crippen LogP contribution in [0.3, 0.4) is 0 Å². The van der Waals surface area contributed by atoms with E-state index in [1.807, 2.05) is 4.90 Å². The summed E-state index contributed by atoms with van der Waals surface area (Å²) in [6.45, 7) is 1.13. The molecule has 3 aromatic heterocycles. The molecule has 13 heteroatoms. The highest BCUT2D eigenvalue weighted by Gasteiger charge is 2.33. The van der Waals surface area contributed by atoms with Crippen LogP contribution in [0.15, 0.2) is 41.2 Å². The molecule has 1 saturated heterocycles. The zero-order chi connectivity index (χ0) is 25.4. The number of fused-ring (bicyclic) bond motifs is 1. The van der Waals surface area contributed by atoms with Crippen LogP contribution in [0.2, 0.25) is 0 Å². The first kappa shape index (κ1) is 23.1. The fraction of sp³-hybridized carbons (Fsp3) is 0.304. The Morgan fingerprint density at radius 2 is 2.06 bits per heavy atom. The second kappa shape index (κ2) is 9.17. The SMILES string of the molecule is CN(C)C(=O)COc1ccc2nc(N3CC(c4cnc(Nc5cnn(C)c5)c(C(N)=O)n4)C3)oc2c1. The predicted molar refractivity (Wildman–Crippen MR) is 130 cm³/mol. The Labute approximate surface area is 205 Å². The van der Waals surface area contributed by atoms with E-state index in [1.54, 1.807) is 62.6 Å². The summed E-state index contributed by atoms with van der Waals surface area (Å²) in [5.74, 6) is 0.0319. The highest BCUT2D eigenvalue weighted by atomic mass is 16.5. The topological polar surface area (TPSA) is 158 Å². The van der Waals surface area contributed by atoms with Crippen molar-refractivity contribution in [2.75, 3.05) is 44.0 Å². The number of nitrogens with zero attached hydrogens (tertiary/aromatic N) is 7. The maximum Gasteiger partial charge on any atom is 0.298 e.